The number of fused-ring (bicyclic) bond motifs is 2. The van der Waals surface area contributed by atoms with Crippen LogP contribution in [-0.4, -0.2) is 18.8 Å². The predicted molar refractivity (Wildman–Crippen MR) is 129 cm³/mol. The van der Waals surface area contributed by atoms with E-state index in [1.165, 1.54) is 0 Å². The van der Waals surface area contributed by atoms with Crippen molar-refractivity contribution in [3.63, 3.8) is 0 Å². The number of hydrogen-bond donors (Lipinski definition) is 1. The summed E-state index contributed by atoms with van der Waals surface area (Å²) in [4.78, 5) is 26.6. The fourth-order valence-corrected chi connectivity index (χ4v) is 4.37. The van der Waals surface area contributed by atoms with E-state index in [1.54, 1.807) is 43.5 Å². The van der Waals surface area contributed by atoms with Gasteiger partial charge in [0, 0.05) is 21.9 Å². The van der Waals surface area contributed by atoms with Crippen molar-refractivity contribution in [3.05, 3.63) is 93.9 Å². The molecule has 0 aliphatic heterocycles. The van der Waals surface area contributed by atoms with Crippen LogP contribution in [0.3, 0.4) is 0 Å². The number of hydrogen-bond acceptors (Lipinski definition) is 5. The van der Waals surface area contributed by atoms with Gasteiger partial charge < -0.3 is 18.9 Å². The minimum absolute atomic E-state index is 0.0374. The van der Waals surface area contributed by atoms with Gasteiger partial charge in [-0.3, -0.25) is 9.59 Å². The van der Waals surface area contributed by atoms with E-state index in [1.807, 2.05) is 37.3 Å². The third-order valence-electron chi connectivity index (χ3n) is 5.50. The molecule has 0 aliphatic carbocycles. The van der Waals surface area contributed by atoms with Gasteiger partial charge in [0.05, 0.1) is 17.3 Å². The Morgan fingerprint density at radius 2 is 1.52 bits per heavy atom. The first-order chi connectivity index (χ1) is 16.0. The third-order valence-corrected chi connectivity index (χ3v) is 6.12. The summed E-state index contributed by atoms with van der Waals surface area (Å²) in [5, 5.41) is 4.34. The summed E-state index contributed by atoms with van der Waals surface area (Å²) in [6.07, 6.45) is 0. The maximum absolute atomic E-state index is 13.4. The lowest BCUT2D eigenvalue weighted by molar-refractivity contribution is 0.0997. The predicted octanol–water partition coefficient (Wildman–Crippen LogP) is 6.74. The number of methoxy groups -OCH3 is 1. The Labute approximate surface area is 197 Å². The number of para-hydroxylation sites is 2. The average molecular weight is 504 g/mol. The van der Waals surface area contributed by atoms with Crippen LogP contribution >= 0.6 is 15.9 Å². The molecule has 5 aromatic rings. The number of aryl methyl sites for hydroxylation is 1. The number of benzene rings is 3. The maximum Gasteiger partial charge on any atom is 0.291 e. The van der Waals surface area contributed by atoms with Crippen LogP contribution in [0.25, 0.3) is 21.9 Å². The highest BCUT2D eigenvalue weighted by atomic mass is 79.9. The van der Waals surface area contributed by atoms with Crippen molar-refractivity contribution < 1.29 is 23.2 Å². The summed E-state index contributed by atoms with van der Waals surface area (Å²) in [7, 11) is 1.55. The lowest BCUT2D eigenvalue weighted by Crippen LogP contribution is -2.14. The summed E-state index contributed by atoms with van der Waals surface area (Å²) in [6.45, 7) is 1.83. The fraction of sp³-hybridized carbons (Fsp3) is 0.0769. The quantitative estimate of drug-likeness (QED) is 0.268. The smallest absolute Gasteiger partial charge is 0.291 e. The molecule has 33 heavy (non-hydrogen) atoms. The molecule has 0 unspecified atom stereocenters. The molecule has 0 fully saturated rings. The highest BCUT2D eigenvalue weighted by molar-refractivity contribution is 9.10. The minimum atomic E-state index is -0.458. The largest absolute Gasteiger partial charge is 0.496 e. The summed E-state index contributed by atoms with van der Waals surface area (Å²) < 4.78 is 17.6. The summed E-state index contributed by atoms with van der Waals surface area (Å²) >= 11 is 3.41. The molecule has 0 bridgehead atoms. The summed E-state index contributed by atoms with van der Waals surface area (Å²) in [6, 6.07) is 19.6. The number of nitrogens with one attached hydrogen (secondary N) is 1. The van der Waals surface area contributed by atoms with E-state index in [-0.39, 0.29) is 17.3 Å². The lowest BCUT2D eigenvalue weighted by Gasteiger charge is -2.07. The molecule has 1 amide bonds. The van der Waals surface area contributed by atoms with Crippen LogP contribution in [0.15, 0.2) is 80.0 Å². The zero-order valence-electron chi connectivity index (χ0n) is 17.8. The molecule has 0 atom stereocenters. The molecule has 0 saturated carbocycles. The van der Waals surface area contributed by atoms with Crippen molar-refractivity contribution in [1.29, 1.82) is 0 Å². The van der Waals surface area contributed by atoms with Crippen LogP contribution in [0.4, 0.5) is 5.69 Å². The molecular weight excluding hydrogens is 486 g/mol. The Morgan fingerprint density at radius 3 is 2.18 bits per heavy atom. The summed E-state index contributed by atoms with van der Waals surface area (Å²) in [5.41, 5.74) is 2.52. The van der Waals surface area contributed by atoms with E-state index in [0.717, 1.165) is 10.9 Å². The number of halogens is 1. The Kier molecular flexibility index (Phi) is 5.26. The van der Waals surface area contributed by atoms with Crippen LogP contribution in [-0.2, 0) is 0 Å². The molecule has 1 N–H and O–H groups in total. The van der Waals surface area contributed by atoms with Gasteiger partial charge in [0.2, 0.25) is 5.78 Å². The Morgan fingerprint density at radius 1 is 0.879 bits per heavy atom. The normalized spacial score (nSPS) is 11.1. The van der Waals surface area contributed by atoms with Crippen molar-refractivity contribution in [3.8, 4) is 5.75 Å². The number of furan rings is 2. The second-order valence-corrected chi connectivity index (χ2v) is 8.34. The van der Waals surface area contributed by atoms with Crippen LogP contribution in [0.5, 0.6) is 5.75 Å². The number of rotatable bonds is 5. The van der Waals surface area contributed by atoms with Crippen LogP contribution in [0.1, 0.15) is 32.2 Å². The molecule has 164 valence electrons. The zero-order chi connectivity index (χ0) is 23.1. The molecule has 0 radical (unpaired) electrons. The van der Waals surface area contributed by atoms with E-state index >= 15 is 0 Å². The number of ether oxygens (including phenoxy) is 1. The molecule has 5 rings (SSSR count). The Balaban J connectivity index is 1.58. The SMILES string of the molecule is COc1ccc(C(=O)c2oc3ccccc3c2NC(=O)c2oc3ccccc3c2C)cc1Br. The van der Waals surface area contributed by atoms with E-state index in [4.69, 9.17) is 13.6 Å². The fourth-order valence-electron chi connectivity index (χ4n) is 3.83. The van der Waals surface area contributed by atoms with Gasteiger partial charge in [0.15, 0.2) is 11.5 Å². The van der Waals surface area contributed by atoms with E-state index in [0.29, 0.717) is 38.0 Å². The van der Waals surface area contributed by atoms with Crippen molar-refractivity contribution in [2.75, 3.05) is 12.4 Å². The monoisotopic (exact) mass is 503 g/mol. The molecule has 2 aromatic heterocycles. The molecule has 0 spiro atoms. The van der Waals surface area contributed by atoms with Crippen molar-refractivity contribution in [2.24, 2.45) is 0 Å². The standard InChI is InChI=1S/C26H18BrNO5/c1-14-16-7-3-5-9-19(16)32-24(14)26(30)28-22-17-8-4-6-10-20(17)33-25(22)23(29)15-11-12-21(31-2)18(27)13-15/h3-13H,1-2H3,(H,28,30). The number of carbonyl (C=O) groups is 2. The topological polar surface area (TPSA) is 81.7 Å². The highest BCUT2D eigenvalue weighted by Crippen LogP contribution is 2.35. The van der Waals surface area contributed by atoms with Gasteiger partial charge >= 0.3 is 0 Å². The summed E-state index contributed by atoms with van der Waals surface area (Å²) in [5.74, 6) is -0.00103. The van der Waals surface area contributed by atoms with Gasteiger partial charge in [0.25, 0.3) is 5.91 Å². The minimum Gasteiger partial charge on any atom is -0.496 e. The number of ketones is 1. The first kappa shape index (κ1) is 21.0. The lowest BCUT2D eigenvalue weighted by atomic mass is 10.1. The highest BCUT2D eigenvalue weighted by Gasteiger charge is 2.26. The van der Waals surface area contributed by atoms with E-state index in [9.17, 15) is 9.59 Å². The van der Waals surface area contributed by atoms with Gasteiger partial charge in [-0.25, -0.2) is 0 Å². The van der Waals surface area contributed by atoms with Gasteiger partial charge in [-0.2, -0.15) is 0 Å². The average Bonchev–Trinajstić information content (AvgIpc) is 3.37. The number of anilines is 1. The van der Waals surface area contributed by atoms with E-state index < -0.39 is 5.91 Å². The van der Waals surface area contributed by atoms with Crippen molar-refractivity contribution >= 4 is 55.2 Å². The van der Waals surface area contributed by atoms with Crippen LogP contribution in [0.2, 0.25) is 0 Å². The van der Waals surface area contributed by atoms with Crippen LogP contribution < -0.4 is 10.1 Å². The van der Waals surface area contributed by atoms with Gasteiger partial charge in [-0.1, -0.05) is 30.3 Å². The van der Waals surface area contributed by atoms with Crippen LogP contribution in [0, 0.1) is 6.92 Å². The Hall–Kier alpha value is -3.84. The molecule has 7 heteroatoms. The first-order valence-electron chi connectivity index (χ1n) is 10.2. The second kappa shape index (κ2) is 8.26. The molecule has 2 heterocycles. The number of amides is 1. The van der Waals surface area contributed by atoms with Crippen molar-refractivity contribution in [1.82, 2.24) is 0 Å². The third kappa shape index (κ3) is 3.60. The molecule has 6 nitrogen and oxygen atoms in total. The van der Waals surface area contributed by atoms with Gasteiger partial charge in [-0.05, 0) is 59.3 Å². The maximum atomic E-state index is 13.4. The molecular formula is C26H18BrNO5. The first-order valence-corrected chi connectivity index (χ1v) is 11.0. The molecule has 3 aromatic carbocycles. The second-order valence-electron chi connectivity index (χ2n) is 7.49. The Bertz CT molecular complexity index is 1550. The van der Waals surface area contributed by atoms with Gasteiger partial charge in [0.1, 0.15) is 16.9 Å². The molecule has 0 aliphatic rings. The zero-order valence-corrected chi connectivity index (χ0v) is 19.4. The van der Waals surface area contributed by atoms with E-state index in [2.05, 4.69) is 21.2 Å². The van der Waals surface area contributed by atoms with Gasteiger partial charge in [-0.15, -0.1) is 0 Å². The molecule has 0 saturated heterocycles. The van der Waals surface area contributed by atoms with Crippen molar-refractivity contribution in [2.45, 2.75) is 6.92 Å². The number of carbonyl (C=O) groups excluding carboxylic acids is 2.